The van der Waals surface area contributed by atoms with Gasteiger partial charge in [0, 0.05) is 37.4 Å². The third-order valence-corrected chi connectivity index (χ3v) is 6.99. The number of benzene rings is 1. The van der Waals surface area contributed by atoms with E-state index in [-0.39, 0.29) is 23.9 Å². The minimum atomic E-state index is -3.65. The standard InChI is InChI=1S/C15H18N4O4S2/c1-2-24(20,21)18-10-12-5-8-19(11-12)25(22,23)13-3-4-14-15(9-13)17-7-6-16-14/h2-4,6-7,9,12,18H,1,5,8,10-11H2. The molecule has 2 aromatic rings. The molecule has 25 heavy (non-hydrogen) atoms. The maximum Gasteiger partial charge on any atom is 0.243 e. The molecule has 0 amide bonds. The molecule has 0 spiro atoms. The van der Waals surface area contributed by atoms with Crippen molar-refractivity contribution in [1.29, 1.82) is 0 Å². The van der Waals surface area contributed by atoms with Crippen molar-refractivity contribution in [3.63, 3.8) is 0 Å². The third kappa shape index (κ3) is 3.87. The van der Waals surface area contributed by atoms with Crippen LogP contribution in [0, 0.1) is 5.92 Å². The summed E-state index contributed by atoms with van der Waals surface area (Å²) in [4.78, 5) is 8.42. The quantitative estimate of drug-likeness (QED) is 0.788. The molecule has 1 saturated heterocycles. The lowest BCUT2D eigenvalue weighted by Crippen LogP contribution is -2.32. The normalized spacial score (nSPS) is 19.3. The van der Waals surface area contributed by atoms with Gasteiger partial charge in [-0.1, -0.05) is 6.58 Å². The van der Waals surface area contributed by atoms with Crippen LogP contribution in [0.25, 0.3) is 11.0 Å². The molecular formula is C15H18N4O4S2. The van der Waals surface area contributed by atoms with Crippen molar-refractivity contribution in [3.8, 4) is 0 Å². The zero-order valence-electron chi connectivity index (χ0n) is 13.4. The first-order valence-electron chi connectivity index (χ1n) is 7.65. The van der Waals surface area contributed by atoms with Crippen molar-refractivity contribution in [3.05, 3.63) is 42.6 Å². The number of sulfonamides is 2. The molecule has 10 heteroatoms. The lowest BCUT2D eigenvalue weighted by molar-refractivity contribution is 0.455. The molecule has 1 fully saturated rings. The molecule has 0 aliphatic carbocycles. The van der Waals surface area contributed by atoms with Crippen molar-refractivity contribution >= 4 is 31.1 Å². The molecule has 0 saturated carbocycles. The molecule has 1 aromatic carbocycles. The van der Waals surface area contributed by atoms with Crippen molar-refractivity contribution in [1.82, 2.24) is 19.0 Å². The van der Waals surface area contributed by atoms with E-state index in [0.29, 0.717) is 24.0 Å². The second-order valence-corrected chi connectivity index (χ2v) is 9.43. The molecule has 134 valence electrons. The van der Waals surface area contributed by atoms with Gasteiger partial charge in [-0.05, 0) is 30.5 Å². The highest BCUT2D eigenvalue weighted by molar-refractivity contribution is 7.92. The molecule has 8 nitrogen and oxygen atoms in total. The minimum absolute atomic E-state index is 0.0789. The first kappa shape index (κ1) is 17.9. The number of fused-ring (bicyclic) bond motifs is 1. The topological polar surface area (TPSA) is 109 Å². The number of hydrogen-bond donors (Lipinski definition) is 1. The summed E-state index contributed by atoms with van der Waals surface area (Å²) < 4.78 is 52.2. The first-order chi connectivity index (χ1) is 11.8. The Labute approximate surface area is 146 Å². The van der Waals surface area contributed by atoms with Crippen molar-refractivity contribution in [2.45, 2.75) is 11.3 Å². The lowest BCUT2D eigenvalue weighted by Gasteiger charge is -2.17. The predicted octanol–water partition coefficient (Wildman–Crippen LogP) is 0.703. The van der Waals surface area contributed by atoms with Gasteiger partial charge in [0.1, 0.15) is 0 Å². The van der Waals surface area contributed by atoms with Gasteiger partial charge in [0.2, 0.25) is 20.0 Å². The van der Waals surface area contributed by atoms with Crippen LogP contribution in [0.2, 0.25) is 0 Å². The summed E-state index contributed by atoms with van der Waals surface area (Å²) in [6.07, 6.45) is 3.65. The summed E-state index contributed by atoms with van der Waals surface area (Å²) in [6.45, 7) is 4.03. The largest absolute Gasteiger partial charge is 0.253 e. The van der Waals surface area contributed by atoms with E-state index in [0.717, 1.165) is 5.41 Å². The molecule has 1 aliphatic rings. The Morgan fingerprint density at radius 3 is 2.64 bits per heavy atom. The van der Waals surface area contributed by atoms with Gasteiger partial charge in [0.05, 0.1) is 15.9 Å². The van der Waals surface area contributed by atoms with Crippen LogP contribution in [0.1, 0.15) is 6.42 Å². The van der Waals surface area contributed by atoms with E-state index in [4.69, 9.17) is 0 Å². The van der Waals surface area contributed by atoms with Crippen LogP contribution < -0.4 is 4.72 Å². The fourth-order valence-corrected chi connectivity index (χ4v) is 4.86. The SMILES string of the molecule is C=CS(=O)(=O)NCC1CCN(S(=O)(=O)c2ccc3nccnc3c2)C1. The maximum absolute atomic E-state index is 12.8. The van der Waals surface area contributed by atoms with Gasteiger partial charge < -0.3 is 0 Å². The van der Waals surface area contributed by atoms with Gasteiger partial charge in [0.25, 0.3) is 0 Å². The van der Waals surface area contributed by atoms with E-state index in [1.807, 2.05) is 0 Å². The van der Waals surface area contributed by atoms with E-state index in [1.165, 1.54) is 22.6 Å². The van der Waals surface area contributed by atoms with Crippen LogP contribution in [0.5, 0.6) is 0 Å². The molecular weight excluding hydrogens is 364 g/mol. The summed E-state index contributed by atoms with van der Waals surface area (Å²) in [5, 5.41) is 0.840. The molecule has 1 aromatic heterocycles. The van der Waals surface area contributed by atoms with E-state index >= 15 is 0 Å². The monoisotopic (exact) mass is 382 g/mol. The van der Waals surface area contributed by atoms with Crippen LogP contribution in [0.3, 0.4) is 0 Å². The number of nitrogens with zero attached hydrogens (tertiary/aromatic N) is 3. The molecule has 1 unspecified atom stereocenters. The molecule has 2 heterocycles. The Morgan fingerprint density at radius 2 is 1.92 bits per heavy atom. The van der Waals surface area contributed by atoms with E-state index in [2.05, 4.69) is 21.3 Å². The molecule has 0 bridgehead atoms. The van der Waals surface area contributed by atoms with Gasteiger partial charge in [-0.3, -0.25) is 9.97 Å². The van der Waals surface area contributed by atoms with E-state index < -0.39 is 20.0 Å². The second kappa shape index (κ2) is 6.79. The summed E-state index contributed by atoms with van der Waals surface area (Å²) in [6, 6.07) is 4.65. The first-order valence-corrected chi connectivity index (χ1v) is 10.6. The van der Waals surface area contributed by atoms with Crippen LogP contribution in [0.4, 0.5) is 0 Å². The fourth-order valence-electron chi connectivity index (χ4n) is 2.73. The molecule has 0 radical (unpaired) electrons. The Bertz CT molecular complexity index is 1010. The summed E-state index contributed by atoms with van der Waals surface area (Å²) in [5.41, 5.74) is 1.14. The summed E-state index contributed by atoms with van der Waals surface area (Å²) >= 11 is 0. The van der Waals surface area contributed by atoms with Crippen LogP contribution >= 0.6 is 0 Å². The van der Waals surface area contributed by atoms with Gasteiger partial charge in [-0.25, -0.2) is 21.6 Å². The lowest BCUT2D eigenvalue weighted by atomic mass is 10.1. The number of rotatable bonds is 6. The van der Waals surface area contributed by atoms with Gasteiger partial charge in [0.15, 0.2) is 0 Å². The Kier molecular flexibility index (Phi) is 4.87. The molecule has 3 rings (SSSR count). The number of aromatic nitrogens is 2. The fraction of sp³-hybridized carbons (Fsp3) is 0.333. The summed E-state index contributed by atoms with van der Waals surface area (Å²) in [5.74, 6) is -0.0789. The van der Waals surface area contributed by atoms with Gasteiger partial charge >= 0.3 is 0 Å². The van der Waals surface area contributed by atoms with Gasteiger partial charge in [-0.2, -0.15) is 4.31 Å². The molecule has 1 N–H and O–H groups in total. The predicted molar refractivity (Wildman–Crippen MR) is 93.5 cm³/mol. The highest BCUT2D eigenvalue weighted by Gasteiger charge is 2.33. The van der Waals surface area contributed by atoms with Crippen molar-refractivity contribution in [2.24, 2.45) is 5.92 Å². The zero-order valence-corrected chi connectivity index (χ0v) is 15.0. The Morgan fingerprint density at radius 1 is 1.20 bits per heavy atom. The van der Waals surface area contributed by atoms with Crippen LogP contribution in [-0.4, -0.2) is 50.7 Å². The van der Waals surface area contributed by atoms with E-state index in [9.17, 15) is 16.8 Å². The molecule has 1 atom stereocenters. The highest BCUT2D eigenvalue weighted by Crippen LogP contribution is 2.25. The number of hydrogen-bond acceptors (Lipinski definition) is 6. The van der Waals surface area contributed by atoms with Crippen LogP contribution in [0.15, 0.2) is 47.5 Å². The van der Waals surface area contributed by atoms with Crippen LogP contribution in [-0.2, 0) is 20.0 Å². The second-order valence-electron chi connectivity index (χ2n) is 5.78. The van der Waals surface area contributed by atoms with Crippen molar-refractivity contribution < 1.29 is 16.8 Å². The zero-order chi connectivity index (χ0) is 18.1. The van der Waals surface area contributed by atoms with Crippen molar-refractivity contribution in [2.75, 3.05) is 19.6 Å². The smallest absolute Gasteiger partial charge is 0.243 e. The average Bonchev–Trinajstić information content (AvgIpc) is 3.09. The van der Waals surface area contributed by atoms with Gasteiger partial charge in [-0.15, -0.1) is 0 Å². The molecule has 1 aliphatic heterocycles. The van der Waals surface area contributed by atoms with E-state index in [1.54, 1.807) is 12.3 Å². The average molecular weight is 382 g/mol. The third-order valence-electron chi connectivity index (χ3n) is 4.12. The minimum Gasteiger partial charge on any atom is -0.253 e. The highest BCUT2D eigenvalue weighted by atomic mass is 32.2. The Hall–Kier alpha value is -1.88. The maximum atomic E-state index is 12.8. The number of nitrogens with one attached hydrogen (secondary N) is 1. The Balaban J connectivity index is 1.75. The summed E-state index contributed by atoms with van der Waals surface area (Å²) in [7, 11) is -7.16.